The lowest BCUT2D eigenvalue weighted by molar-refractivity contribution is 0.755. The molecule has 0 aromatic heterocycles. The molecule has 4 aromatic rings. The molecule has 0 heterocycles. The third kappa shape index (κ3) is 3.68. The first-order valence-corrected chi connectivity index (χ1v) is 13.7. The number of benzene rings is 4. The molecule has 0 unspecified atom stereocenters. The van der Waals surface area contributed by atoms with Gasteiger partial charge in [-0.15, -0.1) is 0 Å². The van der Waals surface area contributed by atoms with E-state index < -0.39 is 0 Å². The van der Waals surface area contributed by atoms with Gasteiger partial charge in [0, 0.05) is 0 Å². The maximum Gasteiger partial charge on any atom is -0.00639 e. The van der Waals surface area contributed by atoms with Crippen molar-refractivity contribution in [3.05, 3.63) is 130 Å². The fraction of sp³-hybridized carbons (Fsp3) is 0.222. The summed E-state index contributed by atoms with van der Waals surface area (Å²) in [6, 6.07) is 36.2. The molecule has 2 aliphatic rings. The summed E-state index contributed by atoms with van der Waals surface area (Å²) < 4.78 is 0. The van der Waals surface area contributed by atoms with Crippen molar-refractivity contribution in [1.29, 1.82) is 0 Å². The summed E-state index contributed by atoms with van der Waals surface area (Å²) in [6.45, 7) is 4.63. The highest BCUT2D eigenvalue weighted by Crippen LogP contribution is 2.52. The van der Waals surface area contributed by atoms with E-state index >= 15 is 0 Å². The normalized spacial score (nSPS) is 12.7. The second-order valence-corrected chi connectivity index (χ2v) is 10.1. The van der Waals surface area contributed by atoms with Crippen LogP contribution in [-0.4, -0.2) is 0 Å². The Labute approximate surface area is 216 Å². The van der Waals surface area contributed by atoms with Gasteiger partial charge in [0.1, 0.15) is 0 Å². The minimum atomic E-state index is 1.11. The molecular formula is C36H34. The van der Waals surface area contributed by atoms with Crippen LogP contribution in [0.25, 0.3) is 33.4 Å². The Balaban J connectivity index is 1.72. The zero-order chi connectivity index (χ0) is 24.5. The molecule has 0 N–H and O–H groups in total. The Morgan fingerprint density at radius 2 is 0.639 bits per heavy atom. The van der Waals surface area contributed by atoms with Crippen LogP contribution in [0.5, 0.6) is 0 Å². The van der Waals surface area contributed by atoms with Gasteiger partial charge < -0.3 is 0 Å². The van der Waals surface area contributed by atoms with E-state index in [1.54, 1.807) is 11.1 Å². The third-order valence-electron chi connectivity index (χ3n) is 7.89. The maximum atomic E-state index is 2.34. The maximum absolute atomic E-state index is 2.34. The van der Waals surface area contributed by atoms with Crippen LogP contribution in [0, 0.1) is 0 Å². The summed E-state index contributed by atoms with van der Waals surface area (Å²) in [5.41, 5.74) is 17.2. The molecule has 178 valence electrons. The minimum absolute atomic E-state index is 1.11. The Hall–Kier alpha value is -3.64. The fourth-order valence-electron chi connectivity index (χ4n) is 6.25. The summed E-state index contributed by atoms with van der Waals surface area (Å²) in [7, 11) is 0. The van der Waals surface area contributed by atoms with Crippen molar-refractivity contribution in [2.75, 3.05) is 0 Å². The van der Waals surface area contributed by atoms with E-state index in [-0.39, 0.29) is 0 Å². The largest absolute Gasteiger partial charge is 0.0654 e. The number of allylic oxidation sites excluding steroid dienone is 2. The van der Waals surface area contributed by atoms with Crippen molar-refractivity contribution in [3.8, 4) is 22.3 Å². The second-order valence-electron chi connectivity index (χ2n) is 10.1. The van der Waals surface area contributed by atoms with Crippen LogP contribution >= 0.6 is 0 Å². The highest BCUT2D eigenvalue weighted by atomic mass is 14.3. The number of hydrogen-bond acceptors (Lipinski definition) is 0. The quantitative estimate of drug-likeness (QED) is 0.219. The molecule has 0 saturated heterocycles. The molecule has 0 atom stereocenters. The SMILES string of the molecule is CCCCC(C(CCCC)=C1c2ccccc2-c2ccccc21)=C1c2ccccc2-c2ccccc21. The van der Waals surface area contributed by atoms with Crippen LogP contribution < -0.4 is 0 Å². The van der Waals surface area contributed by atoms with Crippen LogP contribution in [0.4, 0.5) is 0 Å². The molecule has 0 amide bonds. The molecule has 0 spiro atoms. The van der Waals surface area contributed by atoms with Crippen LogP contribution in [0.3, 0.4) is 0 Å². The van der Waals surface area contributed by atoms with Crippen molar-refractivity contribution in [1.82, 2.24) is 0 Å². The van der Waals surface area contributed by atoms with Gasteiger partial charge in [0.2, 0.25) is 0 Å². The van der Waals surface area contributed by atoms with Crippen molar-refractivity contribution >= 4 is 11.1 Å². The molecule has 0 heteroatoms. The fourth-order valence-corrected chi connectivity index (χ4v) is 6.25. The average molecular weight is 467 g/mol. The van der Waals surface area contributed by atoms with Crippen molar-refractivity contribution < 1.29 is 0 Å². The van der Waals surface area contributed by atoms with Crippen LogP contribution in [0.1, 0.15) is 74.6 Å². The first-order valence-electron chi connectivity index (χ1n) is 13.7. The molecular weight excluding hydrogens is 432 g/mol. The topological polar surface area (TPSA) is 0 Å². The minimum Gasteiger partial charge on any atom is -0.0654 e. The van der Waals surface area contributed by atoms with E-state index in [2.05, 4.69) is 111 Å². The van der Waals surface area contributed by atoms with E-state index in [1.807, 2.05) is 0 Å². The molecule has 0 radical (unpaired) electrons. The lowest BCUT2D eigenvalue weighted by Crippen LogP contribution is -2.01. The molecule has 6 rings (SSSR count). The summed E-state index contributed by atoms with van der Waals surface area (Å²) >= 11 is 0. The average Bonchev–Trinajstić information content (AvgIpc) is 3.44. The predicted molar refractivity (Wildman–Crippen MR) is 155 cm³/mol. The third-order valence-corrected chi connectivity index (χ3v) is 7.89. The number of rotatable bonds is 7. The zero-order valence-corrected chi connectivity index (χ0v) is 21.5. The van der Waals surface area contributed by atoms with Crippen molar-refractivity contribution in [2.24, 2.45) is 0 Å². The van der Waals surface area contributed by atoms with Gasteiger partial charge in [-0.3, -0.25) is 0 Å². The first-order chi connectivity index (χ1) is 17.8. The van der Waals surface area contributed by atoms with Gasteiger partial charge in [-0.2, -0.15) is 0 Å². The molecule has 0 nitrogen and oxygen atoms in total. The van der Waals surface area contributed by atoms with Crippen LogP contribution in [-0.2, 0) is 0 Å². The van der Waals surface area contributed by atoms with Crippen LogP contribution in [0.2, 0.25) is 0 Å². The van der Waals surface area contributed by atoms with E-state index in [0.717, 1.165) is 12.8 Å². The van der Waals surface area contributed by atoms with E-state index in [0.29, 0.717) is 0 Å². The Kier molecular flexibility index (Phi) is 6.20. The van der Waals surface area contributed by atoms with Gasteiger partial charge in [-0.1, -0.05) is 124 Å². The van der Waals surface area contributed by atoms with Crippen molar-refractivity contribution in [2.45, 2.75) is 52.4 Å². The summed E-state index contributed by atoms with van der Waals surface area (Å²) in [5, 5.41) is 0. The Morgan fingerprint density at radius 3 is 0.889 bits per heavy atom. The number of unbranched alkanes of at least 4 members (excludes halogenated alkanes) is 2. The molecule has 0 fully saturated rings. The Morgan fingerprint density at radius 1 is 0.389 bits per heavy atom. The first kappa shape index (κ1) is 22.8. The van der Waals surface area contributed by atoms with Gasteiger partial charge in [0.25, 0.3) is 0 Å². The van der Waals surface area contributed by atoms with Gasteiger partial charge in [0.05, 0.1) is 0 Å². The highest BCUT2D eigenvalue weighted by Gasteiger charge is 2.30. The molecule has 4 aromatic carbocycles. The summed E-state index contributed by atoms with van der Waals surface area (Å²) in [5.74, 6) is 0. The molecule has 0 saturated carbocycles. The van der Waals surface area contributed by atoms with E-state index in [1.165, 1.54) is 81.3 Å². The van der Waals surface area contributed by atoms with Gasteiger partial charge >= 0.3 is 0 Å². The van der Waals surface area contributed by atoms with Crippen LogP contribution in [0.15, 0.2) is 108 Å². The molecule has 2 aliphatic carbocycles. The van der Waals surface area contributed by atoms with Crippen molar-refractivity contribution in [3.63, 3.8) is 0 Å². The Bertz CT molecular complexity index is 1280. The second kappa shape index (κ2) is 9.78. The van der Waals surface area contributed by atoms with Gasteiger partial charge in [-0.25, -0.2) is 0 Å². The molecule has 0 bridgehead atoms. The summed E-state index contributed by atoms with van der Waals surface area (Å²) in [4.78, 5) is 0. The van der Waals surface area contributed by atoms with E-state index in [4.69, 9.17) is 0 Å². The number of hydrogen-bond donors (Lipinski definition) is 0. The highest BCUT2D eigenvalue weighted by molar-refractivity contribution is 6.07. The lowest BCUT2D eigenvalue weighted by atomic mass is 9.83. The van der Waals surface area contributed by atoms with Gasteiger partial charge in [-0.05, 0) is 92.5 Å². The monoisotopic (exact) mass is 466 g/mol. The summed E-state index contributed by atoms with van der Waals surface area (Å²) in [6.07, 6.45) is 7.03. The smallest absolute Gasteiger partial charge is 0.00639 e. The predicted octanol–water partition coefficient (Wildman–Crippen LogP) is 10.3. The van der Waals surface area contributed by atoms with E-state index in [9.17, 15) is 0 Å². The zero-order valence-electron chi connectivity index (χ0n) is 21.5. The van der Waals surface area contributed by atoms with Gasteiger partial charge in [0.15, 0.2) is 0 Å². The molecule has 0 aliphatic heterocycles. The number of fused-ring (bicyclic) bond motifs is 6. The molecule has 36 heavy (non-hydrogen) atoms. The lowest BCUT2D eigenvalue weighted by Gasteiger charge is -2.21. The standard InChI is InChI=1S/C36H34/c1-3-5-15-33(35-29-21-11-7-17-25(29)26-18-8-12-22-30(26)35)34(16-6-4-2)36-31-23-13-9-19-27(31)28-20-10-14-24-32(28)36/h7-14,17-24H,3-6,15-16H2,1-2H3.